The number of carbonyl (C=O) groups is 1. The summed E-state index contributed by atoms with van der Waals surface area (Å²) >= 11 is 17.9. The van der Waals surface area contributed by atoms with Crippen LogP contribution in [0.2, 0.25) is 15.1 Å². The quantitative estimate of drug-likeness (QED) is 0.845. The lowest BCUT2D eigenvalue weighted by atomic mass is 10.2. The Morgan fingerprint density at radius 1 is 1.14 bits per heavy atom. The number of hydrogen-bond donors (Lipinski definition) is 2. The van der Waals surface area contributed by atoms with E-state index < -0.39 is 0 Å². The Balaban J connectivity index is 1.92. The van der Waals surface area contributed by atoms with E-state index in [4.69, 9.17) is 34.8 Å². The first-order chi connectivity index (χ1) is 10.5. The molecule has 2 rings (SSSR count). The molecule has 6 heteroatoms. The molecule has 116 valence electrons. The van der Waals surface area contributed by atoms with Gasteiger partial charge < -0.3 is 10.2 Å². The molecule has 2 aromatic carbocycles. The van der Waals surface area contributed by atoms with E-state index in [1.807, 2.05) is 31.3 Å². The minimum atomic E-state index is -0.122. The number of anilines is 1. The number of nitrogens with one attached hydrogen (secondary N) is 2. The number of benzene rings is 2. The second kappa shape index (κ2) is 7.84. The largest absolute Gasteiger partial charge is 0.326 e. The van der Waals surface area contributed by atoms with E-state index in [-0.39, 0.29) is 5.91 Å². The molecule has 1 amide bonds. The van der Waals surface area contributed by atoms with E-state index >= 15 is 0 Å². The van der Waals surface area contributed by atoms with Gasteiger partial charge in [0.1, 0.15) is 6.54 Å². The Labute approximate surface area is 144 Å². The van der Waals surface area contributed by atoms with Crippen LogP contribution in [0.1, 0.15) is 5.56 Å². The summed E-state index contributed by atoms with van der Waals surface area (Å²) in [6, 6.07) is 12.8. The molecule has 0 aromatic heterocycles. The first-order valence-corrected chi connectivity index (χ1v) is 7.88. The van der Waals surface area contributed by atoms with Crippen molar-refractivity contribution in [3.8, 4) is 0 Å². The maximum atomic E-state index is 12.1. The molecule has 1 atom stereocenters. The van der Waals surface area contributed by atoms with E-state index in [0.29, 0.717) is 33.8 Å². The number of rotatable bonds is 5. The van der Waals surface area contributed by atoms with Gasteiger partial charge in [0.2, 0.25) is 0 Å². The Morgan fingerprint density at radius 3 is 2.59 bits per heavy atom. The van der Waals surface area contributed by atoms with Crippen molar-refractivity contribution in [3.63, 3.8) is 0 Å². The highest BCUT2D eigenvalue weighted by atomic mass is 35.5. The highest BCUT2D eigenvalue weighted by Gasteiger charge is 2.13. The molecule has 0 radical (unpaired) electrons. The Morgan fingerprint density at radius 2 is 1.86 bits per heavy atom. The van der Waals surface area contributed by atoms with Gasteiger partial charge in [0.15, 0.2) is 6.54 Å². The van der Waals surface area contributed by atoms with Gasteiger partial charge in [-0.05, 0) is 24.3 Å². The Kier molecular flexibility index (Phi) is 6.09. The van der Waals surface area contributed by atoms with E-state index in [2.05, 4.69) is 5.32 Å². The zero-order valence-electron chi connectivity index (χ0n) is 12.0. The zero-order valence-corrected chi connectivity index (χ0v) is 14.3. The molecule has 0 aliphatic carbocycles. The molecule has 0 saturated heterocycles. The summed E-state index contributed by atoms with van der Waals surface area (Å²) in [7, 11) is 1.94. The van der Waals surface area contributed by atoms with Crippen LogP contribution in [0.3, 0.4) is 0 Å². The third-order valence-electron chi connectivity index (χ3n) is 3.08. The monoisotopic (exact) mass is 357 g/mol. The molecular weight excluding hydrogens is 343 g/mol. The minimum Gasteiger partial charge on any atom is -0.326 e. The van der Waals surface area contributed by atoms with Crippen molar-refractivity contribution in [2.45, 2.75) is 6.54 Å². The molecule has 3 nitrogen and oxygen atoms in total. The molecule has 0 aliphatic heterocycles. The Bertz CT molecular complexity index is 676. The average molecular weight is 359 g/mol. The lowest BCUT2D eigenvalue weighted by Gasteiger charge is -2.14. The van der Waals surface area contributed by atoms with Crippen LogP contribution in [-0.4, -0.2) is 19.5 Å². The van der Waals surface area contributed by atoms with Crippen molar-refractivity contribution in [2.24, 2.45) is 0 Å². The standard InChI is InChI=1S/C16H15Cl3N2O/c1-21(9-11-4-2-5-12(17)8-11)10-15(22)20-14-7-3-6-13(18)16(14)19/h2-8H,9-10H2,1H3,(H,20,22)/p+1. The molecule has 1 unspecified atom stereocenters. The van der Waals surface area contributed by atoms with Gasteiger partial charge in [-0.1, -0.05) is 53.0 Å². The van der Waals surface area contributed by atoms with Gasteiger partial charge >= 0.3 is 0 Å². The molecule has 22 heavy (non-hydrogen) atoms. The summed E-state index contributed by atoms with van der Waals surface area (Å²) < 4.78 is 0. The van der Waals surface area contributed by atoms with Gasteiger partial charge in [-0.3, -0.25) is 4.79 Å². The number of amides is 1. The predicted octanol–water partition coefficient (Wildman–Crippen LogP) is 3.30. The third-order valence-corrected chi connectivity index (χ3v) is 4.14. The lowest BCUT2D eigenvalue weighted by molar-refractivity contribution is -0.885. The van der Waals surface area contributed by atoms with Gasteiger partial charge in [-0.25, -0.2) is 0 Å². The second-order valence-corrected chi connectivity index (χ2v) is 6.31. The highest BCUT2D eigenvalue weighted by Crippen LogP contribution is 2.29. The molecular formula is C16H16Cl3N2O+. The maximum absolute atomic E-state index is 12.1. The number of likely N-dealkylation sites (N-methyl/N-ethyl adjacent to an activating group) is 1. The second-order valence-electron chi connectivity index (χ2n) is 5.09. The third kappa shape index (κ3) is 4.89. The number of hydrogen-bond acceptors (Lipinski definition) is 1. The van der Waals surface area contributed by atoms with E-state index in [1.165, 1.54) is 0 Å². The van der Waals surface area contributed by atoms with E-state index in [9.17, 15) is 4.79 Å². The fraction of sp³-hybridized carbons (Fsp3) is 0.188. The first-order valence-electron chi connectivity index (χ1n) is 6.75. The van der Waals surface area contributed by atoms with Crippen LogP contribution in [0.15, 0.2) is 42.5 Å². The van der Waals surface area contributed by atoms with Crippen molar-refractivity contribution in [3.05, 3.63) is 63.1 Å². The van der Waals surface area contributed by atoms with Crippen LogP contribution in [0.5, 0.6) is 0 Å². The minimum absolute atomic E-state index is 0.122. The normalized spacial score (nSPS) is 12.0. The molecule has 0 fully saturated rings. The summed E-state index contributed by atoms with van der Waals surface area (Å²) in [5, 5.41) is 4.24. The number of halogens is 3. The van der Waals surface area contributed by atoms with E-state index in [1.54, 1.807) is 18.2 Å². The summed E-state index contributed by atoms with van der Waals surface area (Å²) in [5.41, 5.74) is 1.60. The van der Waals surface area contributed by atoms with Crippen LogP contribution >= 0.6 is 34.8 Å². The molecule has 0 saturated carbocycles. The highest BCUT2D eigenvalue weighted by molar-refractivity contribution is 6.44. The van der Waals surface area contributed by atoms with Crippen molar-refractivity contribution in [2.75, 3.05) is 18.9 Å². The number of carbonyl (C=O) groups excluding carboxylic acids is 1. The smallest absolute Gasteiger partial charge is 0.279 e. The summed E-state index contributed by atoms with van der Waals surface area (Å²) in [5.74, 6) is -0.122. The zero-order chi connectivity index (χ0) is 16.1. The van der Waals surface area contributed by atoms with E-state index in [0.717, 1.165) is 10.5 Å². The van der Waals surface area contributed by atoms with Crippen molar-refractivity contribution in [1.29, 1.82) is 0 Å². The molecule has 2 N–H and O–H groups in total. The van der Waals surface area contributed by atoms with Crippen molar-refractivity contribution in [1.82, 2.24) is 0 Å². The fourth-order valence-electron chi connectivity index (χ4n) is 2.13. The van der Waals surface area contributed by atoms with Gasteiger partial charge in [0.25, 0.3) is 5.91 Å². The molecule has 0 bridgehead atoms. The molecule has 0 heterocycles. The van der Waals surface area contributed by atoms with Gasteiger partial charge in [-0.15, -0.1) is 0 Å². The predicted molar refractivity (Wildman–Crippen MR) is 92.0 cm³/mol. The fourth-order valence-corrected chi connectivity index (χ4v) is 2.69. The van der Waals surface area contributed by atoms with Crippen LogP contribution < -0.4 is 10.2 Å². The van der Waals surface area contributed by atoms with Gasteiger partial charge in [-0.2, -0.15) is 0 Å². The molecule has 0 spiro atoms. The number of quaternary nitrogens is 1. The first kappa shape index (κ1) is 17.1. The molecule has 2 aromatic rings. The lowest BCUT2D eigenvalue weighted by Crippen LogP contribution is -3.08. The molecule has 0 aliphatic rings. The van der Waals surface area contributed by atoms with Crippen molar-refractivity contribution >= 4 is 46.4 Å². The topological polar surface area (TPSA) is 33.5 Å². The van der Waals surface area contributed by atoms with Crippen LogP contribution in [0, 0.1) is 0 Å². The summed E-state index contributed by atoms with van der Waals surface area (Å²) in [6.07, 6.45) is 0. The summed E-state index contributed by atoms with van der Waals surface area (Å²) in [4.78, 5) is 13.1. The maximum Gasteiger partial charge on any atom is 0.279 e. The van der Waals surface area contributed by atoms with Crippen LogP contribution in [0.4, 0.5) is 5.69 Å². The van der Waals surface area contributed by atoms with Gasteiger partial charge in [0.05, 0.1) is 22.8 Å². The van der Waals surface area contributed by atoms with Crippen LogP contribution in [0.25, 0.3) is 0 Å². The van der Waals surface area contributed by atoms with Crippen LogP contribution in [-0.2, 0) is 11.3 Å². The SMILES string of the molecule is C[NH+](CC(=O)Nc1cccc(Cl)c1Cl)Cc1cccc(Cl)c1. The summed E-state index contributed by atoms with van der Waals surface area (Å²) in [6.45, 7) is 1.02. The van der Waals surface area contributed by atoms with Crippen molar-refractivity contribution < 1.29 is 9.69 Å². The average Bonchev–Trinajstić information content (AvgIpc) is 2.43. The Hall–Kier alpha value is -1.26. The van der Waals surface area contributed by atoms with Gasteiger partial charge in [0, 0.05) is 10.6 Å².